The number of hydrogen-bond donors (Lipinski definition) is 1. The minimum absolute atomic E-state index is 0.324. The second kappa shape index (κ2) is 6.47. The first kappa shape index (κ1) is 15.8. The average molecular weight is 344 g/mol. The van der Waals surface area contributed by atoms with Gasteiger partial charge in [0.25, 0.3) is 5.91 Å². The van der Waals surface area contributed by atoms with Crippen LogP contribution in [0.3, 0.4) is 0 Å². The van der Waals surface area contributed by atoms with Crippen molar-refractivity contribution in [2.45, 2.75) is 6.92 Å². The fourth-order valence-electron chi connectivity index (χ4n) is 1.73. The highest BCUT2D eigenvalue weighted by atomic mass is 35.5. The Bertz CT molecular complexity index is 682. The van der Waals surface area contributed by atoms with Crippen LogP contribution in [-0.2, 0) is 4.79 Å². The molecule has 0 fully saturated rings. The molecule has 0 aliphatic rings. The third-order valence-corrected chi connectivity index (χ3v) is 4.71. The van der Waals surface area contributed by atoms with Crippen LogP contribution in [-0.4, -0.2) is 23.5 Å². The molecule has 1 amide bonds. The van der Waals surface area contributed by atoms with Gasteiger partial charge in [0.15, 0.2) is 0 Å². The molecule has 0 unspecified atom stereocenters. The van der Waals surface area contributed by atoms with E-state index >= 15 is 0 Å². The van der Waals surface area contributed by atoms with Gasteiger partial charge in [-0.15, -0.1) is 11.3 Å². The Morgan fingerprint density at radius 1 is 1.24 bits per heavy atom. The molecule has 0 aliphatic carbocycles. The van der Waals surface area contributed by atoms with Crippen LogP contribution < -0.4 is 4.90 Å². The van der Waals surface area contributed by atoms with Gasteiger partial charge in [-0.25, -0.2) is 0 Å². The SMILES string of the molecule is Cc1csc(C(=O)N(CC(=O)O)c2ccc(Cl)cc2)c1Cl. The van der Waals surface area contributed by atoms with E-state index in [1.165, 1.54) is 11.3 Å². The highest BCUT2D eigenvalue weighted by molar-refractivity contribution is 7.13. The molecule has 1 aromatic carbocycles. The molecule has 0 saturated carbocycles. The van der Waals surface area contributed by atoms with Gasteiger partial charge in [-0.3, -0.25) is 14.5 Å². The summed E-state index contributed by atoms with van der Waals surface area (Å²) in [6, 6.07) is 6.38. The van der Waals surface area contributed by atoms with Crippen molar-refractivity contribution in [2.24, 2.45) is 0 Å². The zero-order chi connectivity index (χ0) is 15.6. The van der Waals surface area contributed by atoms with E-state index in [4.69, 9.17) is 28.3 Å². The van der Waals surface area contributed by atoms with E-state index in [-0.39, 0.29) is 0 Å². The number of amides is 1. The highest BCUT2D eigenvalue weighted by Crippen LogP contribution is 2.30. The molecule has 0 atom stereocenters. The summed E-state index contributed by atoms with van der Waals surface area (Å²) in [6.45, 7) is 1.34. The van der Waals surface area contributed by atoms with Crippen LogP contribution in [0.1, 0.15) is 15.2 Å². The number of nitrogens with zero attached hydrogens (tertiary/aromatic N) is 1. The van der Waals surface area contributed by atoms with Gasteiger partial charge in [0.05, 0.1) is 5.02 Å². The van der Waals surface area contributed by atoms with Crippen LogP contribution in [0.25, 0.3) is 0 Å². The van der Waals surface area contributed by atoms with E-state index in [1.807, 2.05) is 0 Å². The lowest BCUT2D eigenvalue weighted by atomic mass is 10.2. The smallest absolute Gasteiger partial charge is 0.323 e. The summed E-state index contributed by atoms with van der Waals surface area (Å²) in [5, 5.41) is 11.6. The standard InChI is InChI=1S/C14H11Cl2NO3S/c1-8-7-21-13(12(8)16)14(20)17(6-11(18)19)10-4-2-9(15)3-5-10/h2-5,7H,6H2,1H3,(H,18,19). The molecule has 21 heavy (non-hydrogen) atoms. The summed E-state index contributed by atoms with van der Waals surface area (Å²) in [5.41, 5.74) is 1.24. The number of hydrogen-bond acceptors (Lipinski definition) is 3. The van der Waals surface area contributed by atoms with Gasteiger partial charge in [0, 0.05) is 10.7 Å². The molecule has 4 nitrogen and oxygen atoms in total. The number of rotatable bonds is 4. The van der Waals surface area contributed by atoms with Crippen molar-refractivity contribution >= 4 is 52.1 Å². The minimum Gasteiger partial charge on any atom is -0.480 e. The molecule has 1 aromatic heterocycles. The van der Waals surface area contributed by atoms with Crippen molar-refractivity contribution in [3.63, 3.8) is 0 Å². The summed E-state index contributed by atoms with van der Waals surface area (Å²) in [5.74, 6) is -1.55. The summed E-state index contributed by atoms with van der Waals surface area (Å²) in [7, 11) is 0. The summed E-state index contributed by atoms with van der Waals surface area (Å²) < 4.78 is 0. The lowest BCUT2D eigenvalue weighted by molar-refractivity contribution is -0.135. The van der Waals surface area contributed by atoms with Crippen LogP contribution in [0.15, 0.2) is 29.6 Å². The number of carboxylic acid groups (broad SMARTS) is 1. The topological polar surface area (TPSA) is 57.6 Å². The monoisotopic (exact) mass is 343 g/mol. The summed E-state index contributed by atoms with van der Waals surface area (Å²) in [4.78, 5) is 25.1. The van der Waals surface area contributed by atoms with E-state index in [2.05, 4.69) is 0 Å². The molecule has 7 heteroatoms. The van der Waals surface area contributed by atoms with E-state index in [0.717, 1.165) is 10.5 Å². The summed E-state index contributed by atoms with van der Waals surface area (Å²) in [6.07, 6.45) is 0. The Balaban J connectivity index is 2.40. The van der Waals surface area contributed by atoms with E-state index in [0.29, 0.717) is 20.6 Å². The first-order chi connectivity index (χ1) is 9.90. The lowest BCUT2D eigenvalue weighted by Gasteiger charge is -2.20. The van der Waals surface area contributed by atoms with Gasteiger partial charge in [-0.1, -0.05) is 23.2 Å². The predicted octanol–water partition coefficient (Wildman–Crippen LogP) is 4.09. The van der Waals surface area contributed by atoms with Gasteiger partial charge < -0.3 is 5.11 Å². The quantitative estimate of drug-likeness (QED) is 0.909. The lowest BCUT2D eigenvalue weighted by Crippen LogP contribution is -2.35. The number of carbonyl (C=O) groups excluding carboxylic acids is 1. The Hall–Kier alpha value is -1.56. The number of benzene rings is 1. The van der Waals surface area contributed by atoms with Crippen LogP contribution in [0.5, 0.6) is 0 Å². The molecular formula is C14H11Cl2NO3S. The molecule has 110 valence electrons. The maximum Gasteiger partial charge on any atom is 0.323 e. The van der Waals surface area contributed by atoms with E-state index < -0.39 is 18.4 Å². The third-order valence-electron chi connectivity index (χ3n) is 2.77. The highest BCUT2D eigenvalue weighted by Gasteiger charge is 2.24. The van der Waals surface area contributed by atoms with Crippen molar-refractivity contribution in [1.29, 1.82) is 0 Å². The van der Waals surface area contributed by atoms with Gasteiger partial charge >= 0.3 is 5.97 Å². The second-order valence-corrected chi connectivity index (χ2v) is 6.02. The van der Waals surface area contributed by atoms with E-state index in [1.54, 1.807) is 36.6 Å². The molecule has 2 aromatic rings. The van der Waals surface area contributed by atoms with Gasteiger partial charge in [0.2, 0.25) is 0 Å². The van der Waals surface area contributed by atoms with Crippen molar-refractivity contribution in [1.82, 2.24) is 0 Å². The van der Waals surface area contributed by atoms with Crippen LogP contribution in [0.4, 0.5) is 5.69 Å². The molecule has 1 N–H and O–H groups in total. The summed E-state index contributed by atoms with van der Waals surface area (Å²) >= 11 is 13.1. The third kappa shape index (κ3) is 3.56. The normalized spacial score (nSPS) is 10.4. The van der Waals surface area contributed by atoms with E-state index in [9.17, 15) is 9.59 Å². The molecule has 0 bridgehead atoms. The van der Waals surface area contributed by atoms with Crippen molar-refractivity contribution < 1.29 is 14.7 Å². The zero-order valence-electron chi connectivity index (χ0n) is 11.0. The molecule has 0 radical (unpaired) electrons. The Labute approximate surface area is 135 Å². The molecular weight excluding hydrogens is 333 g/mol. The fourth-order valence-corrected chi connectivity index (χ4v) is 3.08. The van der Waals surface area contributed by atoms with Crippen molar-refractivity contribution in [2.75, 3.05) is 11.4 Å². The molecule has 0 aliphatic heterocycles. The van der Waals surface area contributed by atoms with Crippen molar-refractivity contribution in [3.8, 4) is 0 Å². The Morgan fingerprint density at radius 2 is 1.86 bits per heavy atom. The molecule has 0 spiro atoms. The minimum atomic E-state index is -1.11. The van der Waals surface area contributed by atoms with Crippen LogP contribution in [0.2, 0.25) is 10.0 Å². The number of carboxylic acids is 1. The Morgan fingerprint density at radius 3 is 2.33 bits per heavy atom. The molecule has 2 rings (SSSR count). The largest absolute Gasteiger partial charge is 0.480 e. The van der Waals surface area contributed by atoms with Crippen molar-refractivity contribution in [3.05, 3.63) is 50.1 Å². The number of aryl methyl sites for hydroxylation is 1. The zero-order valence-corrected chi connectivity index (χ0v) is 13.3. The predicted molar refractivity (Wildman–Crippen MR) is 84.8 cm³/mol. The Kier molecular flexibility index (Phi) is 4.88. The van der Waals surface area contributed by atoms with Crippen LogP contribution in [0, 0.1) is 6.92 Å². The van der Waals surface area contributed by atoms with Gasteiger partial charge in [0.1, 0.15) is 11.4 Å². The number of carbonyl (C=O) groups is 2. The maximum atomic E-state index is 12.6. The maximum absolute atomic E-state index is 12.6. The first-order valence-electron chi connectivity index (χ1n) is 5.93. The number of halogens is 2. The van der Waals surface area contributed by atoms with Gasteiger partial charge in [-0.2, -0.15) is 0 Å². The van der Waals surface area contributed by atoms with Crippen LogP contribution >= 0.6 is 34.5 Å². The molecule has 0 saturated heterocycles. The number of anilines is 1. The van der Waals surface area contributed by atoms with Gasteiger partial charge in [-0.05, 0) is 42.1 Å². The average Bonchev–Trinajstić information content (AvgIpc) is 2.77. The second-order valence-electron chi connectivity index (χ2n) is 4.32. The number of aliphatic carboxylic acids is 1. The molecule has 1 heterocycles. The first-order valence-corrected chi connectivity index (χ1v) is 7.56. The fraction of sp³-hybridized carbons (Fsp3) is 0.143. The number of thiophene rings is 1.